The first-order chi connectivity index (χ1) is 13.0. The molecule has 1 aliphatic heterocycles. The quantitative estimate of drug-likeness (QED) is 0.756. The molecule has 0 radical (unpaired) electrons. The minimum absolute atomic E-state index is 0.232. The molecular weight excluding hydrogens is 346 g/mol. The molecule has 1 saturated carbocycles. The summed E-state index contributed by atoms with van der Waals surface area (Å²) >= 11 is 0. The molecule has 0 spiro atoms. The van der Waals surface area contributed by atoms with Gasteiger partial charge in [0, 0.05) is 18.8 Å². The maximum Gasteiger partial charge on any atom is 0.329 e. The molecule has 1 saturated heterocycles. The SMILES string of the molecule is O=C(NC1(C(=O)O)CCCCC1)C1CCCN(C(=O)Nc2ccccc2)C1. The molecule has 7 nitrogen and oxygen atoms in total. The van der Waals surface area contributed by atoms with Crippen LogP contribution in [0.4, 0.5) is 10.5 Å². The maximum atomic E-state index is 12.8. The normalized spacial score (nSPS) is 21.9. The average Bonchev–Trinajstić information content (AvgIpc) is 2.69. The first kappa shape index (κ1) is 19.2. The second-order valence-corrected chi connectivity index (χ2v) is 7.52. The Morgan fingerprint density at radius 1 is 1.04 bits per heavy atom. The zero-order chi connectivity index (χ0) is 19.3. The zero-order valence-electron chi connectivity index (χ0n) is 15.4. The summed E-state index contributed by atoms with van der Waals surface area (Å²) in [4.78, 5) is 38.7. The molecule has 2 fully saturated rings. The van der Waals surface area contributed by atoms with Crippen molar-refractivity contribution >= 4 is 23.6 Å². The molecule has 1 aromatic carbocycles. The number of rotatable bonds is 4. The lowest BCUT2D eigenvalue weighted by Gasteiger charge is -2.37. The van der Waals surface area contributed by atoms with Gasteiger partial charge in [-0.2, -0.15) is 0 Å². The number of piperidine rings is 1. The van der Waals surface area contributed by atoms with Crippen LogP contribution in [0.1, 0.15) is 44.9 Å². The largest absolute Gasteiger partial charge is 0.480 e. The Kier molecular flexibility index (Phi) is 5.98. The van der Waals surface area contributed by atoms with Crippen LogP contribution in [0.25, 0.3) is 0 Å². The Bertz CT molecular complexity index is 686. The monoisotopic (exact) mass is 373 g/mol. The minimum Gasteiger partial charge on any atom is -0.480 e. The smallest absolute Gasteiger partial charge is 0.329 e. The van der Waals surface area contributed by atoms with Gasteiger partial charge in [0.2, 0.25) is 5.91 Å². The molecule has 1 atom stereocenters. The van der Waals surface area contributed by atoms with Crippen molar-refractivity contribution in [2.24, 2.45) is 5.92 Å². The third-order valence-electron chi connectivity index (χ3n) is 5.58. The highest BCUT2D eigenvalue weighted by Gasteiger charge is 2.42. The van der Waals surface area contributed by atoms with Crippen molar-refractivity contribution in [2.75, 3.05) is 18.4 Å². The number of nitrogens with zero attached hydrogens (tertiary/aromatic N) is 1. The van der Waals surface area contributed by atoms with Gasteiger partial charge in [-0.05, 0) is 37.8 Å². The van der Waals surface area contributed by atoms with Gasteiger partial charge in [-0.25, -0.2) is 9.59 Å². The van der Waals surface area contributed by atoms with E-state index in [-0.39, 0.29) is 17.9 Å². The fourth-order valence-electron chi connectivity index (χ4n) is 3.99. The number of hydrogen-bond acceptors (Lipinski definition) is 3. The van der Waals surface area contributed by atoms with Crippen molar-refractivity contribution in [3.05, 3.63) is 30.3 Å². The summed E-state index contributed by atoms with van der Waals surface area (Å²) in [6.07, 6.45) is 4.95. The van der Waals surface area contributed by atoms with Crippen LogP contribution < -0.4 is 10.6 Å². The predicted octanol–water partition coefficient (Wildman–Crippen LogP) is 2.83. The van der Waals surface area contributed by atoms with Crippen LogP contribution in [0.15, 0.2) is 30.3 Å². The van der Waals surface area contributed by atoms with Crippen molar-refractivity contribution in [3.63, 3.8) is 0 Å². The molecule has 3 rings (SSSR count). The van der Waals surface area contributed by atoms with Crippen LogP contribution in [0, 0.1) is 5.92 Å². The molecular formula is C20H27N3O4. The second kappa shape index (κ2) is 8.41. The fraction of sp³-hybridized carbons (Fsp3) is 0.550. The van der Waals surface area contributed by atoms with Crippen molar-refractivity contribution in [1.82, 2.24) is 10.2 Å². The van der Waals surface area contributed by atoms with Gasteiger partial charge in [-0.3, -0.25) is 4.79 Å². The van der Waals surface area contributed by atoms with Crippen molar-refractivity contribution in [3.8, 4) is 0 Å². The molecule has 146 valence electrons. The number of amides is 3. The van der Waals surface area contributed by atoms with E-state index in [4.69, 9.17) is 0 Å². The number of anilines is 1. The average molecular weight is 373 g/mol. The van der Waals surface area contributed by atoms with Crippen molar-refractivity contribution in [1.29, 1.82) is 0 Å². The number of para-hydroxylation sites is 1. The van der Waals surface area contributed by atoms with E-state index in [0.717, 1.165) is 25.7 Å². The summed E-state index contributed by atoms with van der Waals surface area (Å²) in [5.74, 6) is -1.58. The van der Waals surface area contributed by atoms with Crippen LogP contribution in [0.5, 0.6) is 0 Å². The molecule has 1 aliphatic carbocycles. The minimum atomic E-state index is -1.15. The molecule has 27 heavy (non-hydrogen) atoms. The van der Waals surface area contributed by atoms with Gasteiger partial charge >= 0.3 is 12.0 Å². The predicted molar refractivity (Wildman–Crippen MR) is 101 cm³/mol. The van der Waals surface area contributed by atoms with Gasteiger partial charge in [0.1, 0.15) is 5.54 Å². The number of aliphatic carboxylic acids is 1. The number of carbonyl (C=O) groups is 3. The number of carbonyl (C=O) groups excluding carboxylic acids is 2. The molecule has 0 bridgehead atoms. The molecule has 3 N–H and O–H groups in total. The summed E-state index contributed by atoms with van der Waals surface area (Å²) in [6.45, 7) is 0.896. The highest BCUT2D eigenvalue weighted by atomic mass is 16.4. The van der Waals surface area contributed by atoms with Crippen molar-refractivity contribution in [2.45, 2.75) is 50.5 Å². The summed E-state index contributed by atoms with van der Waals surface area (Å²) in [5, 5.41) is 15.3. The van der Waals surface area contributed by atoms with Gasteiger partial charge in [-0.15, -0.1) is 0 Å². The number of nitrogens with one attached hydrogen (secondary N) is 2. The van der Waals surface area contributed by atoms with Crippen LogP contribution in [-0.4, -0.2) is 46.5 Å². The van der Waals surface area contributed by atoms with E-state index < -0.39 is 11.5 Å². The number of likely N-dealkylation sites (tertiary alicyclic amines) is 1. The van der Waals surface area contributed by atoms with E-state index in [1.165, 1.54) is 0 Å². The summed E-state index contributed by atoms with van der Waals surface area (Å²) < 4.78 is 0. The number of urea groups is 1. The third kappa shape index (κ3) is 4.59. The van der Waals surface area contributed by atoms with Crippen molar-refractivity contribution < 1.29 is 19.5 Å². The molecule has 1 heterocycles. The first-order valence-corrected chi connectivity index (χ1v) is 9.67. The van der Waals surface area contributed by atoms with Gasteiger partial charge in [-0.1, -0.05) is 37.5 Å². The Morgan fingerprint density at radius 3 is 2.41 bits per heavy atom. The topological polar surface area (TPSA) is 98.7 Å². The highest BCUT2D eigenvalue weighted by molar-refractivity contribution is 5.91. The Hall–Kier alpha value is -2.57. The summed E-state index contributed by atoms with van der Waals surface area (Å²) in [7, 11) is 0. The lowest BCUT2D eigenvalue weighted by atomic mass is 9.81. The zero-order valence-corrected chi connectivity index (χ0v) is 15.4. The lowest BCUT2D eigenvalue weighted by Crippen LogP contribution is -2.58. The van der Waals surface area contributed by atoms with E-state index in [1.807, 2.05) is 30.3 Å². The molecule has 3 amide bonds. The van der Waals surface area contributed by atoms with Crippen LogP contribution in [0.3, 0.4) is 0 Å². The van der Waals surface area contributed by atoms with Crippen LogP contribution in [0.2, 0.25) is 0 Å². The summed E-state index contributed by atoms with van der Waals surface area (Å²) in [6, 6.07) is 8.96. The highest BCUT2D eigenvalue weighted by Crippen LogP contribution is 2.29. The number of benzene rings is 1. The Labute approximate surface area is 159 Å². The van der Waals surface area contributed by atoms with E-state index in [9.17, 15) is 19.5 Å². The van der Waals surface area contributed by atoms with E-state index in [1.54, 1.807) is 4.90 Å². The number of hydrogen-bond donors (Lipinski definition) is 3. The summed E-state index contributed by atoms with van der Waals surface area (Å²) in [5.41, 5.74) is -0.440. The van der Waals surface area contributed by atoms with E-state index in [0.29, 0.717) is 38.0 Å². The molecule has 2 aliphatic rings. The van der Waals surface area contributed by atoms with Gasteiger partial charge in [0.15, 0.2) is 0 Å². The molecule has 1 unspecified atom stereocenters. The Balaban J connectivity index is 1.60. The van der Waals surface area contributed by atoms with E-state index >= 15 is 0 Å². The van der Waals surface area contributed by atoms with Crippen LogP contribution >= 0.6 is 0 Å². The standard InChI is InChI=1S/C20H27N3O4/c24-17(22-20(18(25)26)11-5-2-6-12-20)15-8-7-13-23(14-15)19(27)21-16-9-3-1-4-10-16/h1,3-4,9-10,15H,2,5-8,11-14H2,(H,21,27)(H,22,24)(H,25,26). The van der Waals surface area contributed by atoms with Gasteiger partial charge in [0.05, 0.1) is 5.92 Å². The lowest BCUT2D eigenvalue weighted by molar-refractivity contribution is -0.150. The van der Waals surface area contributed by atoms with Gasteiger partial charge < -0.3 is 20.6 Å². The maximum absolute atomic E-state index is 12.8. The second-order valence-electron chi connectivity index (χ2n) is 7.52. The third-order valence-corrected chi connectivity index (χ3v) is 5.58. The Morgan fingerprint density at radius 2 is 1.74 bits per heavy atom. The number of carboxylic acids is 1. The van der Waals surface area contributed by atoms with Gasteiger partial charge in [0.25, 0.3) is 0 Å². The number of carboxylic acid groups (broad SMARTS) is 1. The molecule has 7 heteroatoms. The first-order valence-electron chi connectivity index (χ1n) is 9.67. The molecule has 0 aromatic heterocycles. The van der Waals surface area contributed by atoms with E-state index in [2.05, 4.69) is 10.6 Å². The van der Waals surface area contributed by atoms with Crippen LogP contribution in [-0.2, 0) is 9.59 Å². The fourth-order valence-corrected chi connectivity index (χ4v) is 3.99. The molecule has 1 aromatic rings.